The van der Waals surface area contributed by atoms with Crippen molar-refractivity contribution >= 4 is 23.4 Å². The summed E-state index contributed by atoms with van der Waals surface area (Å²) in [5.74, 6) is -0.193. The van der Waals surface area contributed by atoms with E-state index in [-0.39, 0.29) is 5.75 Å². The summed E-state index contributed by atoms with van der Waals surface area (Å²) in [6, 6.07) is 1.57. The molecule has 1 saturated heterocycles. The van der Waals surface area contributed by atoms with E-state index in [1.54, 1.807) is 12.3 Å². The highest BCUT2D eigenvalue weighted by Crippen LogP contribution is 2.36. The lowest BCUT2D eigenvalue weighted by molar-refractivity contribution is 0.00578. The van der Waals surface area contributed by atoms with Gasteiger partial charge >= 0.3 is 7.12 Å². The number of nitrogens with zero attached hydrogens (tertiary/aromatic N) is 1. The smallest absolute Gasteiger partial charge is 0.399 e. The Morgan fingerprint density at radius 1 is 1.30 bits per heavy atom. The molecule has 0 aromatic carbocycles. The van der Waals surface area contributed by atoms with Crippen LogP contribution in [0.25, 0.3) is 0 Å². The Labute approximate surface area is 121 Å². The fourth-order valence-corrected chi connectivity index (χ4v) is 2.51. The molecule has 1 aliphatic heterocycles. The number of hydrogen-bond donors (Lipinski definition) is 0. The van der Waals surface area contributed by atoms with E-state index >= 15 is 0 Å². The molecule has 2 rings (SSSR count). The maximum absolute atomic E-state index is 14.0. The van der Waals surface area contributed by atoms with Crippen LogP contribution in [0.1, 0.15) is 33.4 Å². The van der Waals surface area contributed by atoms with Crippen molar-refractivity contribution in [3.63, 3.8) is 0 Å². The molecule has 0 saturated carbocycles. The van der Waals surface area contributed by atoms with Gasteiger partial charge in [0.1, 0.15) is 5.82 Å². The van der Waals surface area contributed by atoms with Crippen LogP contribution in [0.4, 0.5) is 4.39 Å². The van der Waals surface area contributed by atoms with Crippen molar-refractivity contribution in [2.45, 2.75) is 44.6 Å². The lowest BCUT2D eigenvalue weighted by atomic mass is 9.79. The molecular weight excluding hydrogens is 280 g/mol. The molecule has 0 N–H and O–H groups in total. The van der Waals surface area contributed by atoms with Gasteiger partial charge in [0, 0.05) is 22.5 Å². The number of hydrogen-bond acceptors (Lipinski definition) is 4. The zero-order valence-electron chi connectivity index (χ0n) is 12.4. The molecule has 0 spiro atoms. The molecule has 2 heterocycles. The average molecular weight is 299 g/mol. The second-order valence-corrected chi connectivity index (χ2v) is 7.44. The average Bonchev–Trinajstić information content (AvgIpc) is 2.50. The molecule has 1 aliphatic rings. The third-order valence-electron chi connectivity index (χ3n) is 3.80. The summed E-state index contributed by atoms with van der Waals surface area (Å²) in [5, 5.41) is 0. The predicted octanol–water partition coefficient (Wildman–Crippen LogP) is 1.40. The summed E-state index contributed by atoms with van der Waals surface area (Å²) >= 11 is 0. The van der Waals surface area contributed by atoms with Crippen molar-refractivity contribution < 1.29 is 17.9 Å². The fourth-order valence-electron chi connectivity index (χ4n) is 1.94. The number of halogens is 1. The summed E-state index contributed by atoms with van der Waals surface area (Å²) in [5.41, 5.74) is -0.182. The Morgan fingerprint density at radius 2 is 1.85 bits per heavy atom. The molecule has 0 aliphatic carbocycles. The van der Waals surface area contributed by atoms with Gasteiger partial charge in [-0.15, -0.1) is 0 Å². The monoisotopic (exact) mass is 299 g/mol. The Morgan fingerprint density at radius 3 is 2.35 bits per heavy atom. The molecule has 1 fully saturated rings. The van der Waals surface area contributed by atoms with Gasteiger partial charge in [-0.05, 0) is 33.8 Å². The minimum atomic E-state index is -1.03. The van der Waals surface area contributed by atoms with E-state index in [1.165, 1.54) is 0 Å². The Bertz CT molecular complexity index is 534. The molecule has 1 aromatic rings. The molecular formula is C13H19BFNO3S. The van der Waals surface area contributed by atoms with Crippen molar-refractivity contribution in [1.29, 1.82) is 0 Å². The van der Waals surface area contributed by atoms with Crippen molar-refractivity contribution in [2.75, 3.05) is 6.26 Å². The van der Waals surface area contributed by atoms with Gasteiger partial charge in [0.05, 0.1) is 28.8 Å². The molecule has 1 atom stereocenters. The van der Waals surface area contributed by atoms with Gasteiger partial charge in [-0.25, -0.2) is 4.39 Å². The molecule has 0 bridgehead atoms. The molecule has 110 valence electrons. The largest absolute Gasteiger partial charge is 0.497 e. The normalized spacial score (nSPS) is 22.0. The minimum Gasteiger partial charge on any atom is -0.399 e. The van der Waals surface area contributed by atoms with Crippen LogP contribution in [0, 0.1) is 5.82 Å². The van der Waals surface area contributed by atoms with Crippen molar-refractivity contribution in [2.24, 2.45) is 0 Å². The molecule has 20 heavy (non-hydrogen) atoms. The van der Waals surface area contributed by atoms with E-state index in [1.807, 2.05) is 27.7 Å². The SMILES string of the molecule is CS(=O)Cc1cc(B2OC(C)(C)C(C)(C)O2)c(F)cn1. The zero-order valence-corrected chi connectivity index (χ0v) is 13.2. The maximum Gasteiger partial charge on any atom is 0.497 e. The second-order valence-electron chi connectivity index (χ2n) is 6.00. The highest BCUT2D eigenvalue weighted by molar-refractivity contribution is 7.83. The Balaban J connectivity index is 2.32. The molecule has 1 unspecified atom stereocenters. The summed E-state index contributed by atoms with van der Waals surface area (Å²) in [6.45, 7) is 7.64. The highest BCUT2D eigenvalue weighted by atomic mass is 32.2. The third-order valence-corrected chi connectivity index (χ3v) is 4.50. The van der Waals surface area contributed by atoms with Crippen LogP contribution >= 0.6 is 0 Å². The molecule has 0 amide bonds. The van der Waals surface area contributed by atoms with Crippen LogP contribution in [0.15, 0.2) is 12.3 Å². The standard InChI is InChI=1S/C13H19BFNO3S/c1-12(2)13(3,4)19-14(18-12)10-6-9(8-20(5)17)16-7-11(10)15/h6-7H,8H2,1-5H3. The topological polar surface area (TPSA) is 48.4 Å². The van der Waals surface area contributed by atoms with Crippen LogP contribution in [0.3, 0.4) is 0 Å². The fraction of sp³-hybridized carbons (Fsp3) is 0.615. The van der Waals surface area contributed by atoms with Gasteiger partial charge in [-0.3, -0.25) is 9.19 Å². The van der Waals surface area contributed by atoms with Gasteiger partial charge in [-0.2, -0.15) is 0 Å². The van der Waals surface area contributed by atoms with Crippen molar-refractivity contribution in [3.05, 3.63) is 23.8 Å². The summed E-state index contributed by atoms with van der Waals surface area (Å²) in [6.07, 6.45) is 2.71. The lowest BCUT2D eigenvalue weighted by Crippen LogP contribution is -2.41. The van der Waals surface area contributed by atoms with Crippen LogP contribution in [-0.4, -0.2) is 33.8 Å². The highest BCUT2D eigenvalue weighted by Gasteiger charge is 2.52. The molecule has 7 heteroatoms. The number of pyridine rings is 1. The minimum absolute atomic E-state index is 0.285. The first-order chi connectivity index (χ1) is 9.12. The lowest BCUT2D eigenvalue weighted by Gasteiger charge is -2.32. The second kappa shape index (κ2) is 5.20. The van der Waals surface area contributed by atoms with E-state index in [2.05, 4.69) is 4.98 Å². The number of rotatable bonds is 3. The first kappa shape index (κ1) is 15.6. The third kappa shape index (κ3) is 2.94. The summed E-state index contributed by atoms with van der Waals surface area (Å²) in [4.78, 5) is 3.94. The first-order valence-electron chi connectivity index (χ1n) is 6.42. The van der Waals surface area contributed by atoms with Gasteiger partial charge < -0.3 is 9.31 Å². The molecule has 4 nitrogen and oxygen atoms in total. The van der Waals surface area contributed by atoms with Crippen molar-refractivity contribution in [1.82, 2.24) is 4.98 Å². The van der Waals surface area contributed by atoms with E-state index in [4.69, 9.17) is 9.31 Å². The first-order valence-corrected chi connectivity index (χ1v) is 8.15. The van der Waals surface area contributed by atoms with E-state index < -0.39 is 34.9 Å². The summed E-state index contributed by atoms with van der Waals surface area (Å²) in [7, 11) is -1.80. The number of aromatic nitrogens is 1. The Kier molecular flexibility index (Phi) is 4.06. The zero-order chi connectivity index (χ0) is 15.1. The van der Waals surface area contributed by atoms with Gasteiger partial charge in [0.2, 0.25) is 0 Å². The maximum atomic E-state index is 14.0. The molecule has 1 aromatic heterocycles. The summed E-state index contributed by atoms with van der Waals surface area (Å²) < 4.78 is 36.9. The van der Waals surface area contributed by atoms with Crippen LogP contribution in [-0.2, 0) is 25.9 Å². The quantitative estimate of drug-likeness (QED) is 0.792. The van der Waals surface area contributed by atoms with Crippen LogP contribution < -0.4 is 5.46 Å². The van der Waals surface area contributed by atoms with E-state index in [9.17, 15) is 8.60 Å². The van der Waals surface area contributed by atoms with Gasteiger partial charge in [-0.1, -0.05) is 0 Å². The van der Waals surface area contributed by atoms with Gasteiger partial charge in [0.25, 0.3) is 0 Å². The van der Waals surface area contributed by atoms with E-state index in [0.29, 0.717) is 11.2 Å². The molecule has 0 radical (unpaired) electrons. The van der Waals surface area contributed by atoms with Crippen LogP contribution in [0.2, 0.25) is 0 Å². The van der Waals surface area contributed by atoms with Crippen molar-refractivity contribution in [3.8, 4) is 0 Å². The Hall–Kier alpha value is -0.785. The van der Waals surface area contributed by atoms with Crippen LogP contribution in [0.5, 0.6) is 0 Å². The van der Waals surface area contributed by atoms with E-state index in [0.717, 1.165) is 6.20 Å². The predicted molar refractivity (Wildman–Crippen MR) is 77.7 cm³/mol. The van der Waals surface area contributed by atoms with Gasteiger partial charge in [0.15, 0.2) is 0 Å².